The molecular formula is C26H28N2O2. The third-order valence-electron chi connectivity index (χ3n) is 6.00. The van der Waals surface area contributed by atoms with Crippen molar-refractivity contribution < 1.29 is 5.11 Å². The van der Waals surface area contributed by atoms with E-state index in [1.807, 2.05) is 70.2 Å². The fraction of sp³-hybridized carbons (Fsp3) is 0.308. The summed E-state index contributed by atoms with van der Waals surface area (Å²) >= 11 is 0. The van der Waals surface area contributed by atoms with Gasteiger partial charge in [0.05, 0.1) is 22.4 Å². The fourth-order valence-corrected chi connectivity index (χ4v) is 4.36. The molecule has 2 aliphatic rings. The third-order valence-corrected chi connectivity index (χ3v) is 6.00. The molecule has 4 heteroatoms. The molecule has 0 atom stereocenters. The molecule has 2 aromatic carbocycles. The molecule has 1 aliphatic heterocycles. The van der Waals surface area contributed by atoms with Crippen LogP contribution in [0.1, 0.15) is 49.9 Å². The predicted octanol–water partition coefficient (Wildman–Crippen LogP) is 5.45. The summed E-state index contributed by atoms with van der Waals surface area (Å²) in [7, 11) is 0. The molecule has 30 heavy (non-hydrogen) atoms. The Hall–Kier alpha value is -3.14. The molecule has 0 bridgehead atoms. The minimum absolute atomic E-state index is 0.114. The fourth-order valence-electron chi connectivity index (χ4n) is 4.36. The maximum Gasteiger partial charge on any atom is 0.187 e. The number of benzene rings is 3. The van der Waals surface area contributed by atoms with Crippen LogP contribution in [-0.4, -0.2) is 14.7 Å². The molecule has 4 nitrogen and oxygen atoms in total. The van der Waals surface area contributed by atoms with Gasteiger partial charge in [-0.1, -0.05) is 39.8 Å². The zero-order valence-corrected chi connectivity index (χ0v) is 18.1. The maximum atomic E-state index is 13.2. The van der Waals surface area contributed by atoms with Crippen LogP contribution in [0.2, 0.25) is 0 Å². The summed E-state index contributed by atoms with van der Waals surface area (Å²) in [5.41, 5.74) is 8.06. The van der Waals surface area contributed by atoms with E-state index in [1.54, 1.807) is 0 Å². The van der Waals surface area contributed by atoms with Crippen molar-refractivity contribution in [1.82, 2.24) is 9.55 Å². The van der Waals surface area contributed by atoms with Crippen molar-refractivity contribution in [2.45, 2.75) is 53.4 Å². The minimum Gasteiger partial charge on any atom is -0.507 e. The molecule has 154 valence electrons. The van der Waals surface area contributed by atoms with Gasteiger partial charge in [-0.15, -0.1) is 0 Å². The van der Waals surface area contributed by atoms with Crippen molar-refractivity contribution in [3.63, 3.8) is 0 Å². The molecule has 4 rings (SSSR count). The first-order valence-corrected chi connectivity index (χ1v) is 10.8. The summed E-state index contributed by atoms with van der Waals surface area (Å²) in [4.78, 5) is 18.1. The van der Waals surface area contributed by atoms with E-state index >= 15 is 0 Å². The van der Waals surface area contributed by atoms with Crippen molar-refractivity contribution in [3.05, 3.63) is 74.9 Å². The van der Waals surface area contributed by atoms with E-state index < -0.39 is 0 Å². The lowest BCUT2D eigenvalue weighted by Gasteiger charge is -2.23. The zero-order valence-electron chi connectivity index (χ0n) is 18.1. The van der Waals surface area contributed by atoms with Gasteiger partial charge in [0, 0.05) is 16.8 Å². The van der Waals surface area contributed by atoms with E-state index in [0.29, 0.717) is 18.6 Å². The Kier molecular flexibility index (Phi) is 5.33. The third kappa shape index (κ3) is 3.07. The highest BCUT2D eigenvalue weighted by Crippen LogP contribution is 2.34. The molecule has 0 spiro atoms. The normalized spacial score (nSPS) is 11.5. The highest BCUT2D eigenvalue weighted by molar-refractivity contribution is 5.84. The lowest BCUT2D eigenvalue weighted by molar-refractivity contribution is 0.462. The maximum absolute atomic E-state index is 13.2. The second kappa shape index (κ2) is 7.94. The monoisotopic (exact) mass is 400 g/mol. The Morgan fingerprint density at radius 3 is 2.10 bits per heavy atom. The SMILES string of the molecule is CCc1cc(-n2c3c(CC)c(=O)c(CC)cc-3nc3ccccc32)cc(CC)c1O. The number of rotatable bonds is 5. The molecule has 0 amide bonds. The van der Waals surface area contributed by atoms with Crippen molar-refractivity contribution in [2.75, 3.05) is 0 Å². The second-order valence-electron chi connectivity index (χ2n) is 7.67. The Labute approximate surface area is 177 Å². The topological polar surface area (TPSA) is 55.1 Å². The summed E-state index contributed by atoms with van der Waals surface area (Å²) in [5, 5.41) is 10.6. The summed E-state index contributed by atoms with van der Waals surface area (Å²) in [6, 6.07) is 14.1. The van der Waals surface area contributed by atoms with Crippen molar-refractivity contribution in [2.24, 2.45) is 0 Å². The Balaban J connectivity index is 2.23. The predicted molar refractivity (Wildman–Crippen MR) is 123 cm³/mol. The standard InChI is InChI=1S/C26H28N2O2/c1-5-16-13-19(14-17(6-2)25(16)29)28-23-12-10-9-11-21(23)27-22-15-18(7-3)26(30)20(8-4)24(22)28/h9-15,29H,5-8H2,1-4H3. The van der Waals surface area contributed by atoms with Crippen LogP contribution in [0.15, 0.2) is 47.3 Å². The summed E-state index contributed by atoms with van der Waals surface area (Å²) < 4.78 is 2.16. The number of hydrogen-bond acceptors (Lipinski definition) is 3. The Bertz CT molecular complexity index is 1250. The van der Waals surface area contributed by atoms with Crippen molar-refractivity contribution in [3.8, 4) is 22.8 Å². The number of para-hydroxylation sites is 2. The van der Waals surface area contributed by atoms with Gasteiger partial charge in [0.1, 0.15) is 5.75 Å². The number of hydrogen-bond donors (Lipinski definition) is 1. The van der Waals surface area contributed by atoms with E-state index in [1.165, 1.54) is 0 Å². The van der Waals surface area contributed by atoms with Crippen LogP contribution in [-0.2, 0) is 25.7 Å². The number of aromatic hydroxyl groups is 1. The van der Waals surface area contributed by atoms with E-state index in [9.17, 15) is 9.90 Å². The van der Waals surface area contributed by atoms with Gasteiger partial charge < -0.3 is 9.67 Å². The number of nitrogens with zero attached hydrogens (tertiary/aromatic N) is 2. The van der Waals surface area contributed by atoms with Crippen LogP contribution in [0.25, 0.3) is 28.1 Å². The van der Waals surface area contributed by atoms with E-state index in [4.69, 9.17) is 4.98 Å². The molecule has 1 aliphatic carbocycles. The average molecular weight is 401 g/mol. The Morgan fingerprint density at radius 1 is 0.867 bits per heavy atom. The zero-order chi connectivity index (χ0) is 21.4. The van der Waals surface area contributed by atoms with Gasteiger partial charge in [0.15, 0.2) is 5.43 Å². The highest BCUT2D eigenvalue weighted by atomic mass is 16.3. The first kappa shape index (κ1) is 20.1. The molecule has 1 heterocycles. The average Bonchev–Trinajstić information content (AvgIpc) is 2.77. The molecule has 0 unspecified atom stereocenters. The first-order chi connectivity index (χ1) is 14.5. The smallest absolute Gasteiger partial charge is 0.187 e. The van der Waals surface area contributed by atoms with Crippen molar-refractivity contribution in [1.29, 1.82) is 0 Å². The van der Waals surface area contributed by atoms with Gasteiger partial charge in [-0.2, -0.15) is 0 Å². The van der Waals surface area contributed by atoms with Crippen LogP contribution in [0.5, 0.6) is 5.75 Å². The number of phenols is 1. The van der Waals surface area contributed by atoms with Crippen LogP contribution in [0, 0.1) is 0 Å². The Morgan fingerprint density at radius 2 is 1.50 bits per heavy atom. The largest absolute Gasteiger partial charge is 0.507 e. The van der Waals surface area contributed by atoms with E-state index in [0.717, 1.165) is 63.2 Å². The van der Waals surface area contributed by atoms with Gasteiger partial charge in [-0.25, -0.2) is 4.98 Å². The van der Waals surface area contributed by atoms with Gasteiger partial charge in [0.25, 0.3) is 0 Å². The highest BCUT2D eigenvalue weighted by Gasteiger charge is 2.22. The summed E-state index contributed by atoms with van der Waals surface area (Å²) in [6.45, 7) is 8.14. The summed E-state index contributed by atoms with van der Waals surface area (Å²) in [6.07, 6.45) is 2.81. The first-order valence-electron chi connectivity index (χ1n) is 10.8. The second-order valence-corrected chi connectivity index (χ2v) is 7.67. The van der Waals surface area contributed by atoms with Crippen LogP contribution in [0.3, 0.4) is 0 Å². The van der Waals surface area contributed by atoms with Gasteiger partial charge in [-0.05, 0) is 67.1 Å². The van der Waals surface area contributed by atoms with Crippen molar-refractivity contribution >= 4 is 11.0 Å². The van der Waals surface area contributed by atoms with Gasteiger partial charge in [-0.3, -0.25) is 4.79 Å². The van der Waals surface area contributed by atoms with Crippen LogP contribution >= 0.6 is 0 Å². The lowest BCUT2D eigenvalue weighted by atomic mass is 9.97. The molecule has 0 fully saturated rings. The lowest BCUT2D eigenvalue weighted by Crippen LogP contribution is -2.20. The molecule has 1 N–H and O–H groups in total. The molecule has 2 aromatic rings. The van der Waals surface area contributed by atoms with Crippen LogP contribution < -0.4 is 5.43 Å². The number of phenolic OH excluding ortho intramolecular Hbond substituents is 1. The quantitative estimate of drug-likeness (QED) is 0.454. The molecule has 0 aromatic heterocycles. The number of aryl methyl sites for hydroxylation is 3. The molecule has 0 radical (unpaired) electrons. The summed E-state index contributed by atoms with van der Waals surface area (Å²) in [5.74, 6) is 0.375. The van der Waals surface area contributed by atoms with Gasteiger partial charge >= 0.3 is 0 Å². The van der Waals surface area contributed by atoms with Crippen LogP contribution in [0.4, 0.5) is 0 Å². The number of fused-ring (bicyclic) bond motifs is 2. The van der Waals surface area contributed by atoms with Gasteiger partial charge in [0.2, 0.25) is 0 Å². The number of aromatic nitrogens is 2. The molecule has 0 saturated carbocycles. The molecule has 0 saturated heterocycles. The molecular weight excluding hydrogens is 372 g/mol. The minimum atomic E-state index is 0.114. The van der Waals surface area contributed by atoms with E-state index in [2.05, 4.69) is 4.57 Å². The van der Waals surface area contributed by atoms with E-state index in [-0.39, 0.29) is 5.43 Å².